The molecular weight excluding hydrogens is 1240 g/mol. The van der Waals surface area contributed by atoms with Gasteiger partial charge in [0.25, 0.3) is 5.91 Å². The molecule has 0 aromatic carbocycles. The number of carboxylic acid groups (broad SMARTS) is 1. The topological polar surface area (TPSA) is 301 Å². The molecule has 0 bridgehead atoms. The molecule has 0 unspecified atom stereocenters. The quantitative estimate of drug-likeness (QED) is 0.0138. The van der Waals surface area contributed by atoms with Gasteiger partial charge in [-0.15, -0.1) is 4.33 Å². The number of nitrogens with one attached hydrogen (secondary N) is 5. The second-order valence-electron chi connectivity index (χ2n) is 26.8. The fraction of sp³-hybridized carbons (Fsp3) is 0.786. The number of nitrogens with zero attached hydrogens (tertiary/aromatic N) is 2. The Balaban J connectivity index is 0.00000125. The van der Waals surface area contributed by atoms with E-state index in [0.29, 0.717) is 62.9 Å². The summed E-state index contributed by atoms with van der Waals surface area (Å²) < 4.78 is 13.4. The first kappa shape index (κ1) is 89.4. The number of ketones is 1. The summed E-state index contributed by atoms with van der Waals surface area (Å²) in [4.78, 5) is 91.2. The number of β-amino-alcohol motifs (C(OH)–C–C–N with tert-alkyl or cyclic N) is 2. The molecule has 3 radical (unpaired) electrons. The second kappa shape index (κ2) is 52.4. The number of carboxylic acids is 1. The molecule has 5 heterocycles. The van der Waals surface area contributed by atoms with Crippen molar-refractivity contribution in [3.05, 3.63) is 48.3 Å². The van der Waals surface area contributed by atoms with Crippen molar-refractivity contribution in [3.63, 3.8) is 0 Å². The zero-order chi connectivity index (χ0) is 68.5. The predicted octanol–water partition coefficient (Wildman–Crippen LogP) is 7.49. The van der Waals surface area contributed by atoms with Gasteiger partial charge in [0.05, 0.1) is 56.5 Å². The number of hydrogen-bond acceptors (Lipinski definition) is 18. The van der Waals surface area contributed by atoms with E-state index in [-0.39, 0.29) is 98.3 Å². The Kier molecular flexibility index (Phi) is 49.3. The summed E-state index contributed by atoms with van der Waals surface area (Å²) in [7, 11) is 1.32. The van der Waals surface area contributed by atoms with Gasteiger partial charge in [-0.1, -0.05) is 136 Å². The van der Waals surface area contributed by atoms with Crippen LogP contribution in [0.3, 0.4) is 0 Å². The number of carbonyl (C=O) groups excluding carboxylic acids is 6. The van der Waals surface area contributed by atoms with Gasteiger partial charge in [0.15, 0.2) is 11.5 Å². The van der Waals surface area contributed by atoms with E-state index < -0.39 is 36.2 Å². The fourth-order valence-electron chi connectivity index (χ4n) is 13.5. The van der Waals surface area contributed by atoms with E-state index in [4.69, 9.17) is 9.52 Å². The molecule has 4 amide bonds. The van der Waals surface area contributed by atoms with Gasteiger partial charge in [-0.2, -0.15) is 0 Å². The van der Waals surface area contributed by atoms with E-state index in [1.807, 2.05) is 13.8 Å². The Labute approximate surface area is 599 Å². The number of furan rings is 2. The predicted molar refractivity (Wildman–Crippen MR) is 370 cm³/mol. The number of Topliss-reactive ketones (excluding diaryl/α,β-unsaturated/α-hetero) is 1. The number of likely N-dealkylation sites (tertiary alicyclic amines) is 2. The van der Waals surface area contributed by atoms with Crippen LogP contribution in [0, 0.1) is 29.6 Å². The molecule has 3 saturated heterocycles. The Morgan fingerprint density at radius 2 is 1.14 bits per heavy atom. The van der Waals surface area contributed by atoms with Crippen molar-refractivity contribution < 1.29 is 103 Å². The number of hydrogen-bond donors (Lipinski definition) is 9. The van der Waals surface area contributed by atoms with Crippen LogP contribution in [0.1, 0.15) is 251 Å². The van der Waals surface area contributed by atoms with Crippen LogP contribution in [0.4, 0.5) is 0 Å². The molecule has 8 rings (SSSR count). The summed E-state index contributed by atoms with van der Waals surface area (Å²) in [5.41, 5.74) is 0. The molecule has 2 aromatic rings. The molecule has 3 aliphatic heterocycles. The third kappa shape index (κ3) is 36.3. The summed E-state index contributed by atoms with van der Waals surface area (Å²) in [6.07, 6.45) is 32.2. The normalized spacial score (nSPS) is 24.7. The fourth-order valence-corrected chi connectivity index (χ4v) is 13.5. The van der Waals surface area contributed by atoms with Crippen molar-refractivity contribution in [1.29, 1.82) is 0 Å². The van der Waals surface area contributed by atoms with Crippen LogP contribution in [0.25, 0.3) is 0 Å². The van der Waals surface area contributed by atoms with E-state index in [1.165, 1.54) is 102 Å². The van der Waals surface area contributed by atoms with Crippen molar-refractivity contribution in [3.8, 4) is 0 Å². The first-order valence-electron chi connectivity index (χ1n) is 35.2. The Bertz CT molecular complexity index is 2360. The average Bonchev–Trinajstić information content (AvgIpc) is 1.74. The van der Waals surface area contributed by atoms with E-state index in [9.17, 15) is 43.8 Å². The molecule has 11 atom stereocenters. The number of aromatic carboxylic acids is 1. The first-order chi connectivity index (χ1) is 44.7. The monoisotopic (exact) mass is 1370 g/mol. The summed E-state index contributed by atoms with van der Waals surface area (Å²) in [5, 5.41) is 48.0. The smallest absolute Gasteiger partial charge is 1.00 e. The number of thiol groups is 1. The molecule has 95 heavy (non-hydrogen) atoms. The van der Waals surface area contributed by atoms with Crippen LogP contribution < -0.4 is 56.1 Å². The van der Waals surface area contributed by atoms with Crippen molar-refractivity contribution >= 4 is 63.0 Å². The molecule has 2 aromatic heterocycles. The second-order valence-corrected chi connectivity index (χ2v) is 26.9. The SMILES string of the molecule is CCC=O.CCCN1CC(=O)[C@@H](NC(=O)[C@H](CC2CCCCC2)NC(=O)c2ccco2)CC[C@H]1C.CCCN1C[C@H](O)[C@@H](NC(=O)[C@@H](C)CC2CCCCC2)CC[C@H]1C.COOOS.C[C@@H]1CC[C@H](NC(=O)[C@@H](C)CC2CCCCC2)[C@@H](O)CN1.O=C(O)c1ccco1.[B].[H-].[Na+]. The number of carbonyl (C=O) groups is 7. The third-order valence-corrected chi connectivity index (χ3v) is 19.1. The van der Waals surface area contributed by atoms with Crippen LogP contribution >= 0.6 is 12.9 Å². The van der Waals surface area contributed by atoms with Gasteiger partial charge >= 0.3 is 35.5 Å². The van der Waals surface area contributed by atoms with Crippen molar-refractivity contribution in [1.82, 2.24) is 36.4 Å². The number of aliphatic hydroxyl groups is 2. The zero-order valence-electron chi connectivity index (χ0n) is 60.4. The number of amides is 4. The minimum absolute atomic E-state index is 0. The molecular formula is C70H122BN7NaO15S. The average molecular weight is 1370 g/mol. The van der Waals surface area contributed by atoms with Gasteiger partial charge in [-0.3, -0.25) is 33.8 Å². The van der Waals surface area contributed by atoms with Crippen LogP contribution in [-0.4, -0.2) is 170 Å². The number of rotatable bonds is 22. The van der Waals surface area contributed by atoms with Crippen molar-refractivity contribution in [2.24, 2.45) is 29.6 Å². The Morgan fingerprint density at radius 1 is 0.674 bits per heavy atom. The van der Waals surface area contributed by atoms with E-state index in [0.717, 1.165) is 115 Å². The summed E-state index contributed by atoms with van der Waals surface area (Å²) in [5.74, 6) is 0.777. The van der Waals surface area contributed by atoms with E-state index in [2.05, 4.69) is 110 Å². The van der Waals surface area contributed by atoms with Crippen LogP contribution in [0.15, 0.2) is 45.6 Å². The molecule has 6 fully saturated rings. The standard InChI is InChI=1S/C24H37N3O4.C20H38N2O2.C17H32N2O2.C5H4O3.C3H6O.CH4O3S.B.Na.H/c1-3-13-27-16-21(28)19(12-11-17(27)2)25-23(29)20(15-18-8-5-4-6-9-18)26-24(30)22-10-7-14-31-22;1-4-12-22-14-19(23)18(11-10-16(22)3)21-20(24)15(2)13-17-8-6-5-7-9-17;1-12(10-14-6-4-3-5-7-14)17(21)19-15-9-8-13(2)18-11-16(15)20;6-5(7)4-2-1-3-8-4;1-2-3-4;1-2-3-4-5;;;/h7,10,14,17-20H,3-6,8-9,11-13,15-16H2,1-2H3,(H,25,29)(H,26,30);15-19,23H,4-14H2,1-3H3,(H,21,24);12-16,18,20H,3-11H2,1-2H3,(H,19,21);1-3H,(H,6,7);3H,2H2,1H3;5H,1H3;;;/q;;;;;;;+1;-1/t17-,19+,20+;15-,16+,18-,19-;12-,13+,15-,16-;;;;;;/m100....../s1. The van der Waals surface area contributed by atoms with Crippen molar-refractivity contribution in [2.45, 2.75) is 283 Å². The zero-order valence-corrected chi connectivity index (χ0v) is 62.3. The molecule has 6 aliphatic rings. The minimum atomic E-state index is -1.03. The minimum Gasteiger partial charge on any atom is -1.00 e. The van der Waals surface area contributed by atoms with Crippen LogP contribution in [-0.2, 0) is 38.2 Å². The first-order valence-corrected chi connectivity index (χ1v) is 35.6. The Morgan fingerprint density at radius 3 is 1.58 bits per heavy atom. The maximum absolute atomic E-state index is 13.2. The molecule has 8 N–H and O–H groups in total. The summed E-state index contributed by atoms with van der Waals surface area (Å²) in [6.45, 7) is 20.2. The summed E-state index contributed by atoms with van der Waals surface area (Å²) in [6, 6.07) is 6.05. The third-order valence-electron chi connectivity index (χ3n) is 19.1. The maximum Gasteiger partial charge on any atom is 1.00 e. The molecule has 3 saturated carbocycles. The Hall–Kier alpha value is -3.66. The van der Waals surface area contributed by atoms with E-state index >= 15 is 0 Å². The largest absolute Gasteiger partial charge is 1.00 e. The van der Waals surface area contributed by atoms with E-state index in [1.54, 1.807) is 12.1 Å². The summed E-state index contributed by atoms with van der Waals surface area (Å²) >= 11 is 3.15. The number of aliphatic hydroxyl groups excluding tert-OH is 2. The van der Waals surface area contributed by atoms with Crippen LogP contribution in [0.2, 0.25) is 0 Å². The van der Waals surface area contributed by atoms with Gasteiger partial charge in [0, 0.05) is 70.8 Å². The van der Waals surface area contributed by atoms with Gasteiger partial charge in [-0.05, 0) is 147 Å². The van der Waals surface area contributed by atoms with Crippen LogP contribution in [0.5, 0.6) is 0 Å². The molecule has 0 spiro atoms. The number of aldehydes is 1. The molecule has 537 valence electrons. The molecule has 3 aliphatic carbocycles. The molecule has 22 nitrogen and oxygen atoms in total. The maximum atomic E-state index is 13.2. The van der Waals surface area contributed by atoms with Crippen molar-refractivity contribution in [2.75, 3.05) is 39.8 Å². The van der Waals surface area contributed by atoms with Gasteiger partial charge in [-0.25, -0.2) is 9.68 Å². The van der Waals surface area contributed by atoms with Gasteiger partial charge in [0.2, 0.25) is 23.5 Å². The molecule has 25 heteroatoms. The van der Waals surface area contributed by atoms with Gasteiger partial charge in [0.1, 0.15) is 12.3 Å². The van der Waals surface area contributed by atoms with Gasteiger partial charge < -0.3 is 57.0 Å².